The molecule has 0 spiro atoms. The molecule has 1 aromatic carbocycles. The number of nitrogens with zero attached hydrogens (tertiary/aromatic N) is 3. The second-order valence-corrected chi connectivity index (χ2v) is 11.8. The Morgan fingerprint density at radius 2 is 1.95 bits per heavy atom. The van der Waals surface area contributed by atoms with Crippen molar-refractivity contribution in [2.75, 3.05) is 44.5 Å². The summed E-state index contributed by atoms with van der Waals surface area (Å²) >= 11 is 0. The van der Waals surface area contributed by atoms with Gasteiger partial charge >= 0.3 is 0 Å². The minimum absolute atomic E-state index is 0.0341. The summed E-state index contributed by atoms with van der Waals surface area (Å²) in [7, 11) is 1.96. The molecule has 2 aromatic rings. The molecule has 1 amide bonds. The van der Waals surface area contributed by atoms with E-state index in [1.54, 1.807) is 0 Å². The van der Waals surface area contributed by atoms with E-state index in [1.807, 2.05) is 59.2 Å². The third-order valence-corrected chi connectivity index (χ3v) is 8.40. The molecule has 5 rings (SSSR count). The van der Waals surface area contributed by atoms with Gasteiger partial charge in [-0.05, 0) is 36.6 Å². The average Bonchev–Trinajstić information content (AvgIpc) is 3.70. The van der Waals surface area contributed by atoms with E-state index in [9.17, 15) is 9.59 Å². The maximum Gasteiger partial charge on any atom is 0.241 e. The van der Waals surface area contributed by atoms with Crippen LogP contribution >= 0.6 is 0 Å². The first-order valence-electron chi connectivity index (χ1n) is 14.4. The predicted molar refractivity (Wildman–Crippen MR) is 149 cm³/mol. The molecule has 1 aromatic heterocycles. The Labute approximate surface area is 236 Å². The van der Waals surface area contributed by atoms with Crippen molar-refractivity contribution in [2.24, 2.45) is 18.4 Å². The van der Waals surface area contributed by atoms with E-state index in [-0.39, 0.29) is 48.8 Å². The molecule has 0 saturated carbocycles. The van der Waals surface area contributed by atoms with Crippen molar-refractivity contribution in [1.82, 2.24) is 4.90 Å². The largest absolute Gasteiger partial charge is 0.454 e. The SMILES string of the molecule is CCCCN(C(=O)CN1C[C@H](c2ccc3c(c2)OCO3)[C@@H](C=O)[C@@H]1CC(C)(C)C1OCCO1)c1ccc[n+](C)c1. The molecule has 0 bridgehead atoms. The lowest BCUT2D eigenvalue weighted by molar-refractivity contribution is -0.670. The van der Waals surface area contributed by atoms with Crippen molar-refractivity contribution >= 4 is 17.9 Å². The summed E-state index contributed by atoms with van der Waals surface area (Å²) in [4.78, 5) is 30.8. The van der Waals surface area contributed by atoms with Gasteiger partial charge in [-0.3, -0.25) is 9.69 Å². The van der Waals surface area contributed by atoms with Gasteiger partial charge in [0.25, 0.3) is 0 Å². The Morgan fingerprint density at radius 3 is 2.67 bits per heavy atom. The molecule has 3 aliphatic heterocycles. The van der Waals surface area contributed by atoms with Gasteiger partial charge in [0.2, 0.25) is 12.7 Å². The number of aldehydes is 1. The molecule has 0 N–H and O–H groups in total. The topological polar surface area (TPSA) is 81.4 Å². The summed E-state index contributed by atoms with van der Waals surface area (Å²) in [6.07, 6.45) is 7.23. The molecule has 4 heterocycles. The van der Waals surface area contributed by atoms with Crippen molar-refractivity contribution in [3.63, 3.8) is 0 Å². The number of benzene rings is 1. The number of hydrogen-bond donors (Lipinski definition) is 0. The van der Waals surface area contributed by atoms with Gasteiger partial charge in [0, 0.05) is 42.4 Å². The Bertz CT molecular complexity index is 1200. The van der Waals surface area contributed by atoms with Crippen LogP contribution in [0, 0.1) is 11.3 Å². The van der Waals surface area contributed by atoms with Crippen LogP contribution in [0.25, 0.3) is 0 Å². The summed E-state index contributed by atoms with van der Waals surface area (Å²) in [6, 6.07) is 9.70. The van der Waals surface area contributed by atoms with Gasteiger partial charge in [0.1, 0.15) is 19.0 Å². The van der Waals surface area contributed by atoms with Gasteiger partial charge in [-0.1, -0.05) is 33.3 Å². The zero-order valence-electron chi connectivity index (χ0n) is 24.1. The highest BCUT2D eigenvalue weighted by Gasteiger charge is 2.48. The number of amides is 1. The maximum absolute atomic E-state index is 14.0. The van der Waals surface area contributed by atoms with E-state index in [2.05, 4.69) is 25.7 Å². The minimum atomic E-state index is -0.345. The molecule has 0 radical (unpaired) electrons. The molecule has 0 aliphatic carbocycles. The molecule has 40 heavy (non-hydrogen) atoms. The van der Waals surface area contributed by atoms with E-state index in [0.29, 0.717) is 44.2 Å². The van der Waals surface area contributed by atoms with Crippen molar-refractivity contribution in [3.8, 4) is 11.5 Å². The Balaban J connectivity index is 1.44. The standard InChI is InChI=1S/C31H42N3O6/c1-5-6-12-34(23-8-7-11-32(4)17-23)29(36)19-33-18-24(22-9-10-27-28(15-22)40-21-39-27)25(20-35)26(33)16-31(2,3)30-37-13-14-38-30/h7-11,15,17,20,24-26,30H,5-6,12-14,16,18-19,21H2,1-4H3/q+1/t24-,25-,26+/m1/s1. The fourth-order valence-electron chi connectivity index (χ4n) is 6.27. The van der Waals surface area contributed by atoms with Crippen LogP contribution in [0.1, 0.15) is 51.5 Å². The molecule has 9 heteroatoms. The van der Waals surface area contributed by atoms with Gasteiger partial charge < -0.3 is 28.6 Å². The Morgan fingerprint density at radius 1 is 1.18 bits per heavy atom. The lowest BCUT2D eigenvalue weighted by Crippen LogP contribution is -2.47. The van der Waals surface area contributed by atoms with Crippen LogP contribution in [-0.2, 0) is 26.1 Å². The number of fused-ring (bicyclic) bond motifs is 1. The number of anilines is 1. The van der Waals surface area contributed by atoms with Crippen LogP contribution in [0.15, 0.2) is 42.7 Å². The van der Waals surface area contributed by atoms with Crippen LogP contribution in [-0.4, -0.2) is 69.1 Å². The number of ether oxygens (including phenoxy) is 4. The molecule has 3 aliphatic rings. The number of pyridine rings is 1. The van der Waals surface area contributed by atoms with E-state index < -0.39 is 0 Å². The van der Waals surface area contributed by atoms with Crippen molar-refractivity contribution in [2.45, 2.75) is 58.3 Å². The smallest absolute Gasteiger partial charge is 0.241 e. The highest BCUT2D eigenvalue weighted by atomic mass is 16.7. The van der Waals surface area contributed by atoms with Crippen LogP contribution < -0.4 is 18.9 Å². The summed E-state index contributed by atoms with van der Waals surface area (Å²) in [5.41, 5.74) is 1.56. The molecule has 9 nitrogen and oxygen atoms in total. The number of aryl methyl sites for hydroxylation is 1. The lowest BCUT2D eigenvalue weighted by Gasteiger charge is -2.37. The van der Waals surface area contributed by atoms with Crippen LogP contribution in [0.4, 0.5) is 5.69 Å². The molecule has 216 valence electrons. The number of unbranched alkanes of at least 4 members (excludes halogenated alkanes) is 1. The summed E-state index contributed by atoms with van der Waals surface area (Å²) < 4.78 is 24.9. The summed E-state index contributed by atoms with van der Waals surface area (Å²) in [5, 5.41) is 0. The molecule has 2 saturated heterocycles. The van der Waals surface area contributed by atoms with E-state index >= 15 is 0 Å². The lowest BCUT2D eigenvalue weighted by atomic mass is 9.78. The number of rotatable bonds is 11. The molecular formula is C31H42N3O6+. The summed E-state index contributed by atoms with van der Waals surface area (Å²) in [5.74, 6) is 1.07. The van der Waals surface area contributed by atoms with Crippen molar-refractivity contribution in [3.05, 3.63) is 48.3 Å². The van der Waals surface area contributed by atoms with Gasteiger partial charge in [-0.2, -0.15) is 0 Å². The van der Waals surface area contributed by atoms with Crippen molar-refractivity contribution < 1.29 is 33.1 Å². The highest BCUT2D eigenvalue weighted by Crippen LogP contribution is 2.45. The molecule has 0 unspecified atom stereocenters. The number of carbonyl (C=O) groups excluding carboxylic acids is 2. The first-order valence-corrected chi connectivity index (χ1v) is 14.4. The first-order chi connectivity index (χ1) is 19.3. The van der Waals surface area contributed by atoms with Gasteiger partial charge in [0.15, 0.2) is 30.2 Å². The van der Waals surface area contributed by atoms with E-state index in [1.165, 1.54) is 0 Å². The third kappa shape index (κ3) is 6.01. The van der Waals surface area contributed by atoms with Crippen molar-refractivity contribution in [1.29, 1.82) is 0 Å². The fraction of sp³-hybridized carbons (Fsp3) is 0.581. The highest BCUT2D eigenvalue weighted by molar-refractivity contribution is 5.94. The molecular weight excluding hydrogens is 510 g/mol. The third-order valence-electron chi connectivity index (χ3n) is 8.40. The number of hydrogen-bond acceptors (Lipinski definition) is 7. The average molecular weight is 553 g/mol. The number of carbonyl (C=O) groups is 2. The first kappa shape index (κ1) is 28.5. The predicted octanol–water partition coefficient (Wildman–Crippen LogP) is 3.45. The zero-order valence-corrected chi connectivity index (χ0v) is 24.1. The van der Waals surface area contributed by atoms with Crippen LogP contribution in [0.5, 0.6) is 11.5 Å². The zero-order chi connectivity index (χ0) is 28.3. The number of aromatic nitrogens is 1. The Kier molecular flexibility index (Phi) is 8.73. The monoisotopic (exact) mass is 552 g/mol. The summed E-state index contributed by atoms with van der Waals surface area (Å²) in [6.45, 7) is 9.17. The number of likely N-dealkylation sites (tertiary alicyclic amines) is 1. The van der Waals surface area contributed by atoms with Gasteiger partial charge in [-0.15, -0.1) is 0 Å². The Hall–Kier alpha value is -3.01. The van der Waals surface area contributed by atoms with E-state index in [0.717, 1.165) is 30.4 Å². The van der Waals surface area contributed by atoms with Gasteiger partial charge in [-0.25, -0.2) is 4.57 Å². The molecule has 3 atom stereocenters. The van der Waals surface area contributed by atoms with Crippen LogP contribution in [0.2, 0.25) is 0 Å². The quantitative estimate of drug-likeness (QED) is 0.312. The van der Waals surface area contributed by atoms with E-state index in [4.69, 9.17) is 18.9 Å². The fourth-order valence-corrected chi connectivity index (χ4v) is 6.27. The second-order valence-electron chi connectivity index (χ2n) is 11.8. The normalized spacial score (nSPS) is 23.1. The second kappa shape index (κ2) is 12.2. The minimum Gasteiger partial charge on any atom is -0.454 e. The van der Waals surface area contributed by atoms with Gasteiger partial charge in [0.05, 0.1) is 19.8 Å². The molecule has 2 fully saturated rings. The van der Waals surface area contributed by atoms with Crippen LogP contribution in [0.3, 0.4) is 0 Å². The maximum atomic E-state index is 14.0.